The first-order chi connectivity index (χ1) is 12.2. The fourth-order valence-electron chi connectivity index (χ4n) is 2.74. The van der Waals surface area contributed by atoms with Gasteiger partial charge in [0.15, 0.2) is 6.10 Å². The summed E-state index contributed by atoms with van der Waals surface area (Å²) in [7, 11) is 0. The molecule has 1 N–H and O–H groups in total. The number of rotatable bonds is 2. The van der Waals surface area contributed by atoms with Crippen molar-refractivity contribution >= 4 is 6.09 Å². The second-order valence-electron chi connectivity index (χ2n) is 7.45. The molecule has 0 saturated carbocycles. The van der Waals surface area contributed by atoms with Gasteiger partial charge in [0, 0.05) is 25.7 Å². The van der Waals surface area contributed by atoms with Crippen LogP contribution < -0.4 is 0 Å². The molecule has 1 aromatic heterocycles. The number of alkyl halides is 5. The summed E-state index contributed by atoms with van der Waals surface area (Å²) in [5.41, 5.74) is -1.72. The number of nitrogens with zero attached hydrogens (tertiary/aromatic N) is 2. The molecule has 5 nitrogen and oxygen atoms in total. The number of amides is 1. The molecule has 0 radical (unpaired) electrons. The van der Waals surface area contributed by atoms with Crippen molar-refractivity contribution in [2.24, 2.45) is 0 Å². The summed E-state index contributed by atoms with van der Waals surface area (Å²) in [4.78, 5) is 16.7. The van der Waals surface area contributed by atoms with Crippen LogP contribution in [0.5, 0.6) is 0 Å². The van der Waals surface area contributed by atoms with E-state index in [0.29, 0.717) is 0 Å². The molecule has 1 amide bonds. The number of pyridine rings is 1. The number of ether oxygens (including phenoxy) is 1. The third-order valence-corrected chi connectivity index (χ3v) is 4.08. The third-order valence-electron chi connectivity index (χ3n) is 4.08. The molecule has 2 atom stereocenters. The van der Waals surface area contributed by atoms with Gasteiger partial charge in [0.05, 0.1) is 11.6 Å². The zero-order chi connectivity index (χ0) is 20.6. The summed E-state index contributed by atoms with van der Waals surface area (Å²) in [6.45, 7) is 4.24. The molecule has 152 valence electrons. The molecule has 0 aromatic carbocycles. The zero-order valence-electron chi connectivity index (χ0n) is 15.1. The number of aliphatic hydroxyl groups is 1. The van der Waals surface area contributed by atoms with Gasteiger partial charge < -0.3 is 14.7 Å². The van der Waals surface area contributed by atoms with Crippen molar-refractivity contribution in [2.75, 3.05) is 13.1 Å². The van der Waals surface area contributed by atoms with Crippen molar-refractivity contribution in [1.82, 2.24) is 9.88 Å². The van der Waals surface area contributed by atoms with Crippen LogP contribution in [0, 0.1) is 0 Å². The van der Waals surface area contributed by atoms with Crippen molar-refractivity contribution in [1.29, 1.82) is 0 Å². The van der Waals surface area contributed by atoms with Gasteiger partial charge in [-0.15, -0.1) is 0 Å². The average Bonchev–Trinajstić information content (AvgIpc) is 2.51. The average molecular weight is 396 g/mol. The third kappa shape index (κ3) is 5.27. The van der Waals surface area contributed by atoms with Gasteiger partial charge in [0.25, 0.3) is 5.92 Å². The Kier molecular flexibility index (Phi) is 5.70. The number of carbonyl (C=O) groups excluding carboxylic acids is 1. The number of carbonyl (C=O) groups is 1. The summed E-state index contributed by atoms with van der Waals surface area (Å²) >= 11 is 0. The predicted octanol–water partition coefficient (Wildman–Crippen LogP) is 4.04. The summed E-state index contributed by atoms with van der Waals surface area (Å²) in [5, 5.41) is 9.32. The number of hydrogen-bond acceptors (Lipinski definition) is 4. The number of aliphatic hydroxyl groups excluding tert-OH is 1. The summed E-state index contributed by atoms with van der Waals surface area (Å²) in [6.07, 6.45) is -8.34. The Morgan fingerprint density at radius 1 is 1.37 bits per heavy atom. The highest BCUT2D eigenvalue weighted by atomic mass is 19.4. The molecule has 1 fully saturated rings. The molecule has 10 heteroatoms. The first kappa shape index (κ1) is 21.3. The van der Waals surface area contributed by atoms with Gasteiger partial charge in [-0.05, 0) is 38.5 Å². The summed E-state index contributed by atoms with van der Waals surface area (Å²) in [6, 6.07) is 1.96. The second kappa shape index (κ2) is 7.21. The first-order valence-electron chi connectivity index (χ1n) is 8.27. The maximum Gasteiger partial charge on any atom is 0.420 e. The standard InChI is InChI=1S/C17H21F5N2O3/c1-15(2,3)27-14(26)24-7-5-16(18,19)11(9-24)10-4-6-23-12(8-10)13(25)17(20,21)22/h4,6,8,11,13,25H,5,7,9H2,1-3H3. The lowest BCUT2D eigenvalue weighted by Crippen LogP contribution is -2.49. The molecule has 0 aliphatic carbocycles. The first-order valence-corrected chi connectivity index (χ1v) is 8.27. The minimum absolute atomic E-state index is 0.137. The Balaban J connectivity index is 2.28. The van der Waals surface area contributed by atoms with Crippen LogP contribution in [0.4, 0.5) is 26.7 Å². The van der Waals surface area contributed by atoms with Crippen LogP contribution in [0.25, 0.3) is 0 Å². The Labute approximate surface area is 153 Å². The molecule has 0 spiro atoms. The number of hydrogen-bond donors (Lipinski definition) is 1. The monoisotopic (exact) mass is 396 g/mol. The molecule has 1 saturated heterocycles. The van der Waals surface area contributed by atoms with E-state index >= 15 is 0 Å². The molecule has 27 heavy (non-hydrogen) atoms. The highest BCUT2D eigenvalue weighted by molar-refractivity contribution is 5.68. The Bertz CT molecular complexity index is 688. The quantitative estimate of drug-likeness (QED) is 0.767. The van der Waals surface area contributed by atoms with Crippen molar-refractivity contribution in [3.8, 4) is 0 Å². The lowest BCUT2D eigenvalue weighted by molar-refractivity contribution is -0.208. The van der Waals surface area contributed by atoms with E-state index in [-0.39, 0.29) is 12.1 Å². The van der Waals surface area contributed by atoms with Gasteiger partial charge in [-0.2, -0.15) is 13.2 Å². The molecular formula is C17H21F5N2O3. The zero-order valence-corrected chi connectivity index (χ0v) is 15.1. The van der Waals surface area contributed by atoms with Gasteiger partial charge in [-0.1, -0.05) is 0 Å². The van der Waals surface area contributed by atoms with E-state index in [1.165, 1.54) is 0 Å². The maximum atomic E-state index is 14.4. The normalized spacial score (nSPS) is 21.7. The van der Waals surface area contributed by atoms with Crippen LogP contribution in [-0.2, 0) is 4.74 Å². The van der Waals surface area contributed by atoms with E-state index < -0.39 is 54.5 Å². The van der Waals surface area contributed by atoms with Crippen molar-refractivity contribution in [3.63, 3.8) is 0 Å². The van der Waals surface area contributed by atoms with Crippen LogP contribution in [0.3, 0.4) is 0 Å². The summed E-state index contributed by atoms with van der Waals surface area (Å²) < 4.78 is 72.0. The molecular weight excluding hydrogens is 375 g/mol. The van der Waals surface area contributed by atoms with E-state index in [1.54, 1.807) is 20.8 Å². The lowest BCUT2D eigenvalue weighted by atomic mass is 9.87. The second-order valence-corrected chi connectivity index (χ2v) is 7.45. The Morgan fingerprint density at radius 3 is 2.56 bits per heavy atom. The van der Waals surface area contributed by atoms with Crippen LogP contribution in [0.15, 0.2) is 18.3 Å². The number of likely N-dealkylation sites (tertiary alicyclic amines) is 1. The summed E-state index contributed by atoms with van der Waals surface area (Å²) in [5.74, 6) is -4.78. The fraction of sp³-hybridized carbons (Fsp3) is 0.647. The minimum atomic E-state index is -4.97. The van der Waals surface area contributed by atoms with E-state index in [0.717, 1.165) is 23.2 Å². The highest BCUT2D eigenvalue weighted by Gasteiger charge is 2.47. The molecule has 2 heterocycles. The van der Waals surface area contributed by atoms with Crippen molar-refractivity contribution < 1.29 is 36.6 Å². The van der Waals surface area contributed by atoms with Crippen molar-refractivity contribution in [3.05, 3.63) is 29.6 Å². The molecule has 1 aliphatic rings. The molecule has 1 aliphatic heterocycles. The molecule has 2 unspecified atom stereocenters. The fourth-order valence-corrected chi connectivity index (χ4v) is 2.74. The number of halogens is 5. The minimum Gasteiger partial charge on any atom is -0.444 e. The van der Waals surface area contributed by atoms with E-state index in [4.69, 9.17) is 4.74 Å². The SMILES string of the molecule is CC(C)(C)OC(=O)N1CCC(F)(F)C(c2ccnc(C(O)C(F)(F)F)c2)C1. The lowest BCUT2D eigenvalue weighted by Gasteiger charge is -2.39. The van der Waals surface area contributed by atoms with Crippen LogP contribution >= 0.6 is 0 Å². The number of aromatic nitrogens is 1. The van der Waals surface area contributed by atoms with Crippen molar-refractivity contribution in [2.45, 2.75) is 56.9 Å². The van der Waals surface area contributed by atoms with E-state index in [2.05, 4.69) is 4.98 Å². The van der Waals surface area contributed by atoms with Gasteiger partial charge in [-0.3, -0.25) is 4.98 Å². The smallest absolute Gasteiger partial charge is 0.420 e. The predicted molar refractivity (Wildman–Crippen MR) is 85.4 cm³/mol. The Morgan fingerprint density at radius 2 is 2.00 bits per heavy atom. The Hall–Kier alpha value is -1.97. The maximum absolute atomic E-state index is 14.4. The van der Waals surface area contributed by atoms with Crippen LogP contribution in [0.2, 0.25) is 0 Å². The molecule has 0 bridgehead atoms. The van der Waals surface area contributed by atoms with Gasteiger partial charge in [0.1, 0.15) is 5.60 Å². The van der Waals surface area contributed by atoms with Gasteiger partial charge >= 0.3 is 12.3 Å². The number of piperidine rings is 1. The van der Waals surface area contributed by atoms with Gasteiger partial charge in [0.2, 0.25) is 0 Å². The van der Waals surface area contributed by atoms with Gasteiger partial charge in [-0.25, -0.2) is 13.6 Å². The highest BCUT2D eigenvalue weighted by Crippen LogP contribution is 2.41. The molecule has 1 aromatic rings. The largest absolute Gasteiger partial charge is 0.444 e. The van der Waals surface area contributed by atoms with Crippen LogP contribution in [-0.4, -0.2) is 51.9 Å². The van der Waals surface area contributed by atoms with Crippen LogP contribution in [0.1, 0.15) is 50.5 Å². The van der Waals surface area contributed by atoms with E-state index in [9.17, 15) is 31.9 Å². The molecule has 2 rings (SSSR count). The topological polar surface area (TPSA) is 62.7 Å². The van der Waals surface area contributed by atoms with E-state index in [1.807, 2.05) is 0 Å².